The standard InChI is InChI=1S/C75H147NO3S/c1-4-7-10-13-16-19-22-25-28-31-34-37-40-43-46-49-52-55-58-61-64-67-71-76(74-70-75-80(77,78)79,72-68-65-62-59-56-53-50-47-44-41-38-35-32-29-26-23-20-17-14-11-8-5-2)73-69-66-63-60-57-54-51-48-45-42-39-36-33-30-27-24-21-18-15-12-9-6-3/h67-69,71-73H,4-66,70,74-75H2,1-3H3/p+1/b71-67+,72-68+,73-69+. The first-order valence-electron chi connectivity index (χ1n) is 37.2. The molecule has 0 aromatic heterocycles. The summed E-state index contributed by atoms with van der Waals surface area (Å²) in [6.45, 7) is 7.57. The molecule has 0 radical (unpaired) electrons. The van der Waals surface area contributed by atoms with Crippen LogP contribution < -0.4 is 0 Å². The van der Waals surface area contributed by atoms with Crippen LogP contribution in [0, 0.1) is 0 Å². The van der Waals surface area contributed by atoms with E-state index in [4.69, 9.17) is 0 Å². The molecule has 0 aliphatic rings. The van der Waals surface area contributed by atoms with Gasteiger partial charge in [-0.05, 0) is 56.8 Å². The summed E-state index contributed by atoms with van der Waals surface area (Å²) < 4.78 is 34.1. The van der Waals surface area contributed by atoms with Crippen LogP contribution >= 0.6 is 0 Å². The number of hydrogen-bond donors (Lipinski definition) is 1. The Morgan fingerprint density at radius 2 is 0.388 bits per heavy atom. The van der Waals surface area contributed by atoms with E-state index in [1.807, 2.05) is 0 Å². The smallest absolute Gasteiger partial charge is 0.265 e. The summed E-state index contributed by atoms with van der Waals surface area (Å²) in [7, 11) is -4.00. The number of quaternary nitrogens is 1. The molecule has 0 saturated heterocycles. The van der Waals surface area contributed by atoms with E-state index in [0.29, 0.717) is 17.4 Å². The number of hydrogen-bond acceptors (Lipinski definition) is 2. The van der Waals surface area contributed by atoms with E-state index in [2.05, 4.69) is 57.6 Å². The van der Waals surface area contributed by atoms with Gasteiger partial charge < -0.3 is 0 Å². The fraction of sp³-hybridized carbons (Fsp3) is 0.920. The van der Waals surface area contributed by atoms with Crippen LogP contribution in [0.15, 0.2) is 36.8 Å². The first kappa shape index (κ1) is 79.1. The minimum atomic E-state index is -4.00. The minimum Gasteiger partial charge on any atom is -0.286 e. The highest BCUT2D eigenvalue weighted by atomic mass is 32.2. The molecule has 80 heavy (non-hydrogen) atoms. The van der Waals surface area contributed by atoms with Crippen LogP contribution in [0.4, 0.5) is 0 Å². The summed E-state index contributed by atoms with van der Waals surface area (Å²) in [5.41, 5.74) is 0. The highest BCUT2D eigenvalue weighted by Gasteiger charge is 2.20. The zero-order valence-electron chi connectivity index (χ0n) is 55.3. The van der Waals surface area contributed by atoms with Crippen molar-refractivity contribution in [2.75, 3.05) is 12.3 Å². The average molecular weight is 1140 g/mol. The Kier molecular flexibility index (Phi) is 66.5. The van der Waals surface area contributed by atoms with Crippen molar-refractivity contribution in [1.29, 1.82) is 0 Å². The maximum Gasteiger partial charge on any atom is 0.265 e. The van der Waals surface area contributed by atoms with Gasteiger partial charge in [-0.25, -0.2) is 4.48 Å². The number of rotatable bonds is 70. The van der Waals surface area contributed by atoms with E-state index in [-0.39, 0.29) is 5.75 Å². The molecule has 0 bridgehead atoms. The summed E-state index contributed by atoms with van der Waals surface area (Å²) >= 11 is 0. The molecule has 0 aliphatic carbocycles. The lowest BCUT2D eigenvalue weighted by atomic mass is 10.0. The monoisotopic (exact) mass is 1140 g/mol. The van der Waals surface area contributed by atoms with Crippen molar-refractivity contribution < 1.29 is 17.5 Å². The zero-order valence-corrected chi connectivity index (χ0v) is 56.1. The summed E-state index contributed by atoms with van der Waals surface area (Å²) in [5.74, 6) is -0.180. The van der Waals surface area contributed by atoms with E-state index in [9.17, 15) is 13.0 Å². The maximum atomic E-state index is 11.9. The van der Waals surface area contributed by atoms with Gasteiger partial charge in [0.2, 0.25) is 0 Å². The molecule has 0 atom stereocenters. The molecule has 4 nitrogen and oxygen atoms in total. The lowest BCUT2D eigenvalue weighted by Crippen LogP contribution is -2.33. The second-order valence-corrected chi connectivity index (χ2v) is 27.6. The lowest BCUT2D eigenvalue weighted by molar-refractivity contribution is -0.773. The predicted molar refractivity (Wildman–Crippen MR) is 361 cm³/mol. The molecule has 0 aliphatic heterocycles. The van der Waals surface area contributed by atoms with Crippen molar-refractivity contribution in [2.24, 2.45) is 0 Å². The fourth-order valence-corrected chi connectivity index (χ4v) is 12.8. The van der Waals surface area contributed by atoms with Crippen LogP contribution in [0.25, 0.3) is 0 Å². The van der Waals surface area contributed by atoms with Crippen molar-refractivity contribution in [3.05, 3.63) is 36.8 Å². The predicted octanol–water partition coefficient (Wildman–Crippen LogP) is 27.3. The van der Waals surface area contributed by atoms with Gasteiger partial charge >= 0.3 is 0 Å². The topological polar surface area (TPSA) is 54.4 Å². The summed E-state index contributed by atoms with van der Waals surface area (Å²) in [6.07, 6.45) is 102. The van der Waals surface area contributed by atoms with Gasteiger partial charge in [0.15, 0.2) is 0 Å². The van der Waals surface area contributed by atoms with Crippen molar-refractivity contribution in [3.63, 3.8) is 0 Å². The van der Waals surface area contributed by atoms with Crippen molar-refractivity contribution in [1.82, 2.24) is 0 Å². The van der Waals surface area contributed by atoms with Gasteiger partial charge in [0.25, 0.3) is 10.1 Å². The molecule has 0 saturated carbocycles. The van der Waals surface area contributed by atoms with E-state index in [1.165, 1.54) is 385 Å². The molecular weight excluding hydrogens is 995 g/mol. The van der Waals surface area contributed by atoms with E-state index >= 15 is 0 Å². The van der Waals surface area contributed by atoms with Crippen LogP contribution in [-0.4, -0.2) is 29.8 Å². The molecular formula is C75H148NO3S+. The third-order valence-electron chi connectivity index (χ3n) is 17.8. The van der Waals surface area contributed by atoms with Gasteiger partial charge in [-0.1, -0.05) is 387 Å². The SMILES string of the molecule is CCCCCCCCCCCCCCCCCCCCCC/C=C/[N+](/C=C/CCCCCCCCCCCCCCCCCCCCCC)(/C=C/CCCCCCCCCCCCCCCCCCCCCC)CCCS(=O)(=O)O. The second kappa shape index (κ2) is 67.2. The van der Waals surface area contributed by atoms with Crippen molar-refractivity contribution >= 4 is 10.1 Å². The highest BCUT2D eigenvalue weighted by Crippen LogP contribution is 2.22. The highest BCUT2D eigenvalue weighted by molar-refractivity contribution is 7.85. The van der Waals surface area contributed by atoms with Crippen molar-refractivity contribution in [2.45, 2.75) is 432 Å². The Bertz CT molecular complexity index is 1220. The lowest BCUT2D eigenvalue weighted by Gasteiger charge is -2.27. The Hall–Kier alpha value is -0.910. The molecule has 0 unspecified atom stereocenters. The molecule has 1 N–H and O–H groups in total. The number of nitrogens with zero attached hydrogens (tertiary/aromatic N) is 1. The Labute approximate surface area is 505 Å². The molecule has 0 rings (SSSR count). The first-order chi connectivity index (χ1) is 39.4. The third-order valence-corrected chi connectivity index (χ3v) is 18.6. The molecule has 0 amide bonds. The van der Waals surface area contributed by atoms with Crippen molar-refractivity contribution in [3.8, 4) is 0 Å². The Morgan fingerprint density at radius 3 is 0.537 bits per heavy atom. The summed E-state index contributed by atoms with van der Waals surface area (Å²) in [6, 6.07) is 0. The quantitative estimate of drug-likeness (QED) is 0.0375. The molecule has 476 valence electrons. The molecule has 0 aromatic carbocycles. The Morgan fingerprint density at radius 1 is 0.237 bits per heavy atom. The minimum absolute atomic E-state index is 0.180. The summed E-state index contributed by atoms with van der Waals surface area (Å²) in [5, 5.41) is 0. The van der Waals surface area contributed by atoms with E-state index in [1.54, 1.807) is 0 Å². The zero-order chi connectivity index (χ0) is 57.9. The van der Waals surface area contributed by atoms with Gasteiger partial charge in [0.1, 0.15) is 18.6 Å². The van der Waals surface area contributed by atoms with Gasteiger partial charge in [0.05, 0.1) is 12.3 Å². The second-order valence-electron chi connectivity index (χ2n) is 26.0. The Balaban J connectivity index is 4.76. The van der Waals surface area contributed by atoms with E-state index < -0.39 is 10.1 Å². The van der Waals surface area contributed by atoms with Crippen LogP contribution in [0.5, 0.6) is 0 Å². The summed E-state index contributed by atoms with van der Waals surface area (Å²) in [4.78, 5) is 0. The number of unbranched alkanes of at least 4 members (excludes halogenated alkanes) is 60. The molecule has 0 aromatic rings. The first-order valence-corrected chi connectivity index (χ1v) is 38.9. The van der Waals surface area contributed by atoms with Gasteiger partial charge in [-0.2, -0.15) is 8.42 Å². The van der Waals surface area contributed by atoms with E-state index in [0.717, 1.165) is 19.3 Å². The molecule has 0 heterocycles. The molecule has 0 fully saturated rings. The van der Waals surface area contributed by atoms with Gasteiger partial charge in [-0.3, -0.25) is 4.55 Å². The van der Waals surface area contributed by atoms with Crippen LogP contribution in [0.1, 0.15) is 432 Å². The third kappa shape index (κ3) is 66.2. The molecule has 0 spiro atoms. The maximum absolute atomic E-state index is 11.9. The average Bonchev–Trinajstić information content (AvgIpc) is 3.44. The molecule has 5 heteroatoms. The van der Waals surface area contributed by atoms with Gasteiger partial charge in [0, 0.05) is 6.42 Å². The van der Waals surface area contributed by atoms with Crippen LogP contribution in [-0.2, 0) is 10.1 Å². The van der Waals surface area contributed by atoms with Crippen LogP contribution in [0.3, 0.4) is 0 Å². The largest absolute Gasteiger partial charge is 0.286 e. The van der Waals surface area contributed by atoms with Gasteiger partial charge in [-0.15, -0.1) is 0 Å². The normalized spacial score (nSPS) is 12.5. The van der Waals surface area contributed by atoms with Crippen LogP contribution in [0.2, 0.25) is 0 Å². The fourth-order valence-electron chi connectivity index (χ4n) is 12.3. The number of allylic oxidation sites excluding steroid dienone is 3.